The average molecular weight is 425 g/mol. The Morgan fingerprint density at radius 2 is 2.00 bits per heavy atom. The van der Waals surface area contributed by atoms with Crippen LogP contribution < -0.4 is 5.56 Å². The highest BCUT2D eigenvalue weighted by atomic mass is 32.2. The molecule has 6 nitrogen and oxygen atoms in total. The summed E-state index contributed by atoms with van der Waals surface area (Å²) in [6.45, 7) is 1.99. The number of hydrogen-bond donors (Lipinski definition) is 0. The minimum atomic E-state index is 0.0166. The van der Waals surface area contributed by atoms with Crippen molar-refractivity contribution in [1.82, 2.24) is 19.7 Å². The third-order valence-corrected chi connectivity index (χ3v) is 7.23. The van der Waals surface area contributed by atoms with E-state index in [4.69, 9.17) is 9.51 Å². The first-order chi connectivity index (χ1) is 14.2. The fraction of sp³-hybridized carbons (Fsp3) is 0.333. The molecule has 1 aromatic carbocycles. The van der Waals surface area contributed by atoms with E-state index in [0.717, 1.165) is 41.6 Å². The Hall–Kier alpha value is -2.45. The second-order valence-corrected chi connectivity index (χ2v) is 9.03. The third-order valence-electron chi connectivity index (χ3n) is 5.12. The monoisotopic (exact) mass is 424 g/mol. The van der Waals surface area contributed by atoms with Crippen LogP contribution >= 0.6 is 23.1 Å². The van der Waals surface area contributed by atoms with Gasteiger partial charge in [-0.25, -0.2) is 4.98 Å². The molecule has 3 heterocycles. The van der Waals surface area contributed by atoms with Crippen LogP contribution in [0.1, 0.15) is 41.9 Å². The molecule has 0 bridgehead atoms. The lowest BCUT2D eigenvalue weighted by Gasteiger charge is -2.13. The summed E-state index contributed by atoms with van der Waals surface area (Å²) in [7, 11) is 0. The number of rotatable bonds is 5. The standard InChI is InChI=1S/C21H20N4O2S2/c1-2-16-22-17(27-24-16)12-28-21-23-19-18(14-10-6-7-11-15(14)29-19)20(26)25(21)13-8-4-3-5-9-13/h3-5,8-9H,2,6-7,10-12H2,1H3. The van der Waals surface area contributed by atoms with Crippen molar-refractivity contribution in [2.45, 2.75) is 49.9 Å². The van der Waals surface area contributed by atoms with Crippen LogP contribution in [-0.2, 0) is 25.0 Å². The molecule has 0 radical (unpaired) electrons. The number of hydrogen-bond acceptors (Lipinski definition) is 7. The average Bonchev–Trinajstić information content (AvgIpc) is 3.37. The van der Waals surface area contributed by atoms with Crippen molar-refractivity contribution in [2.75, 3.05) is 0 Å². The molecule has 0 saturated heterocycles. The number of fused-ring (bicyclic) bond motifs is 3. The molecule has 4 aromatic rings. The maximum Gasteiger partial charge on any atom is 0.267 e. The van der Waals surface area contributed by atoms with E-state index in [9.17, 15) is 4.79 Å². The molecule has 0 N–H and O–H groups in total. The Morgan fingerprint density at radius 3 is 2.79 bits per heavy atom. The van der Waals surface area contributed by atoms with E-state index in [1.54, 1.807) is 15.9 Å². The molecule has 0 amide bonds. The smallest absolute Gasteiger partial charge is 0.267 e. The second-order valence-electron chi connectivity index (χ2n) is 7.01. The van der Waals surface area contributed by atoms with Gasteiger partial charge in [-0.05, 0) is 43.4 Å². The summed E-state index contributed by atoms with van der Waals surface area (Å²) in [6.07, 6.45) is 5.07. The molecule has 8 heteroatoms. The van der Waals surface area contributed by atoms with Crippen LogP contribution in [0, 0.1) is 0 Å². The van der Waals surface area contributed by atoms with Crippen molar-refractivity contribution in [3.63, 3.8) is 0 Å². The van der Waals surface area contributed by atoms with Gasteiger partial charge in [0.15, 0.2) is 11.0 Å². The molecule has 0 spiro atoms. The fourth-order valence-corrected chi connectivity index (χ4v) is 5.86. The van der Waals surface area contributed by atoms with Gasteiger partial charge in [-0.15, -0.1) is 11.3 Å². The van der Waals surface area contributed by atoms with Gasteiger partial charge >= 0.3 is 0 Å². The Morgan fingerprint density at radius 1 is 1.17 bits per heavy atom. The zero-order valence-corrected chi connectivity index (χ0v) is 17.7. The Kier molecular flexibility index (Phi) is 4.97. The Bertz CT molecular complexity index is 1230. The topological polar surface area (TPSA) is 73.8 Å². The van der Waals surface area contributed by atoms with E-state index in [1.807, 2.05) is 37.3 Å². The maximum atomic E-state index is 13.6. The largest absolute Gasteiger partial charge is 0.338 e. The molecular formula is C21H20N4O2S2. The first-order valence-electron chi connectivity index (χ1n) is 9.81. The molecular weight excluding hydrogens is 404 g/mol. The summed E-state index contributed by atoms with van der Waals surface area (Å²) in [6, 6.07) is 9.72. The molecule has 1 aliphatic carbocycles. The molecule has 0 saturated carbocycles. The number of para-hydroxylation sites is 1. The Labute approximate surface area is 176 Å². The summed E-state index contributed by atoms with van der Waals surface area (Å²) in [5.74, 6) is 1.71. The summed E-state index contributed by atoms with van der Waals surface area (Å²) in [5, 5.41) is 5.40. The van der Waals surface area contributed by atoms with Crippen molar-refractivity contribution in [2.24, 2.45) is 0 Å². The number of thioether (sulfide) groups is 1. The minimum Gasteiger partial charge on any atom is -0.338 e. The van der Waals surface area contributed by atoms with Gasteiger partial charge in [-0.1, -0.05) is 42.0 Å². The quantitative estimate of drug-likeness (QED) is 0.345. The number of benzene rings is 1. The van der Waals surface area contributed by atoms with Gasteiger partial charge in [-0.2, -0.15) is 4.98 Å². The van der Waals surface area contributed by atoms with E-state index in [1.165, 1.54) is 28.6 Å². The van der Waals surface area contributed by atoms with Crippen LogP contribution in [0.2, 0.25) is 0 Å². The first-order valence-corrected chi connectivity index (χ1v) is 11.6. The van der Waals surface area contributed by atoms with E-state index in [0.29, 0.717) is 22.6 Å². The highest BCUT2D eigenvalue weighted by Gasteiger charge is 2.23. The SMILES string of the molecule is CCc1noc(CSc2nc3sc4c(c3c(=O)n2-c2ccccc2)CCCC4)n1. The van der Waals surface area contributed by atoms with Crippen LogP contribution in [0.25, 0.3) is 15.9 Å². The van der Waals surface area contributed by atoms with Crippen molar-refractivity contribution < 1.29 is 4.52 Å². The van der Waals surface area contributed by atoms with Crippen molar-refractivity contribution in [3.8, 4) is 5.69 Å². The third kappa shape index (κ3) is 3.40. The lowest BCUT2D eigenvalue weighted by Crippen LogP contribution is -2.22. The van der Waals surface area contributed by atoms with Gasteiger partial charge in [0.25, 0.3) is 5.56 Å². The van der Waals surface area contributed by atoms with Crippen LogP contribution in [0.15, 0.2) is 44.8 Å². The van der Waals surface area contributed by atoms with E-state index in [2.05, 4.69) is 10.1 Å². The van der Waals surface area contributed by atoms with Gasteiger partial charge in [-0.3, -0.25) is 9.36 Å². The van der Waals surface area contributed by atoms with E-state index < -0.39 is 0 Å². The minimum absolute atomic E-state index is 0.0166. The normalized spacial score (nSPS) is 13.7. The predicted octanol–water partition coefficient (Wildman–Crippen LogP) is 4.56. The molecule has 0 fully saturated rings. The predicted molar refractivity (Wildman–Crippen MR) is 115 cm³/mol. The summed E-state index contributed by atoms with van der Waals surface area (Å²) in [5.41, 5.74) is 2.05. The molecule has 0 unspecified atom stereocenters. The summed E-state index contributed by atoms with van der Waals surface area (Å²) in [4.78, 5) is 25.1. The van der Waals surface area contributed by atoms with Gasteiger partial charge < -0.3 is 4.52 Å². The zero-order valence-electron chi connectivity index (χ0n) is 16.1. The zero-order chi connectivity index (χ0) is 19.8. The van der Waals surface area contributed by atoms with E-state index >= 15 is 0 Å². The van der Waals surface area contributed by atoms with Crippen molar-refractivity contribution in [1.29, 1.82) is 0 Å². The van der Waals surface area contributed by atoms with Crippen LogP contribution in [0.5, 0.6) is 0 Å². The van der Waals surface area contributed by atoms with Gasteiger partial charge in [0, 0.05) is 11.3 Å². The van der Waals surface area contributed by atoms with Crippen LogP contribution in [0.3, 0.4) is 0 Å². The highest BCUT2D eigenvalue weighted by molar-refractivity contribution is 7.98. The lowest BCUT2D eigenvalue weighted by molar-refractivity contribution is 0.385. The van der Waals surface area contributed by atoms with E-state index in [-0.39, 0.29) is 5.56 Å². The number of thiophene rings is 1. The van der Waals surface area contributed by atoms with Gasteiger partial charge in [0.05, 0.1) is 16.8 Å². The highest BCUT2D eigenvalue weighted by Crippen LogP contribution is 2.35. The number of aryl methyl sites for hydroxylation is 3. The Balaban J connectivity index is 1.64. The number of aromatic nitrogens is 4. The van der Waals surface area contributed by atoms with Crippen molar-refractivity contribution in [3.05, 3.63) is 62.8 Å². The van der Waals surface area contributed by atoms with Crippen molar-refractivity contribution >= 4 is 33.3 Å². The molecule has 1 aliphatic rings. The lowest BCUT2D eigenvalue weighted by atomic mass is 9.97. The molecule has 3 aromatic heterocycles. The molecule has 5 rings (SSSR count). The van der Waals surface area contributed by atoms with Gasteiger partial charge in [0.1, 0.15) is 4.83 Å². The maximum absolute atomic E-state index is 13.6. The number of nitrogens with zero attached hydrogens (tertiary/aromatic N) is 4. The molecule has 148 valence electrons. The molecule has 0 atom stereocenters. The first kappa shape index (κ1) is 18.6. The fourth-order valence-electron chi connectivity index (χ4n) is 3.71. The van der Waals surface area contributed by atoms with Gasteiger partial charge in [0.2, 0.25) is 5.89 Å². The van der Waals surface area contributed by atoms with Crippen LogP contribution in [0.4, 0.5) is 0 Å². The molecule has 0 aliphatic heterocycles. The second kappa shape index (κ2) is 7.76. The summed E-state index contributed by atoms with van der Waals surface area (Å²) >= 11 is 3.13. The summed E-state index contributed by atoms with van der Waals surface area (Å²) < 4.78 is 7.04. The van der Waals surface area contributed by atoms with Crippen LogP contribution in [-0.4, -0.2) is 19.7 Å². The molecule has 29 heavy (non-hydrogen) atoms.